The first-order valence-electron chi connectivity index (χ1n) is 11.4. The number of nitrogen functional groups attached to an aromatic ring is 1. The molecule has 1 fully saturated rings. The van der Waals surface area contributed by atoms with Gasteiger partial charge in [-0.1, -0.05) is 6.07 Å². The van der Waals surface area contributed by atoms with E-state index in [2.05, 4.69) is 27.3 Å². The number of hydrogen-bond donors (Lipinski definition) is 3. The van der Waals surface area contributed by atoms with Crippen LogP contribution in [-0.4, -0.2) is 54.8 Å². The first kappa shape index (κ1) is 22.1. The molecule has 0 saturated carbocycles. The summed E-state index contributed by atoms with van der Waals surface area (Å²) in [4.78, 5) is 26.0. The van der Waals surface area contributed by atoms with Gasteiger partial charge < -0.3 is 26.4 Å². The van der Waals surface area contributed by atoms with E-state index in [9.17, 15) is 4.79 Å². The number of ether oxygens (including phenoxy) is 1. The summed E-state index contributed by atoms with van der Waals surface area (Å²) in [6.45, 7) is 4.27. The van der Waals surface area contributed by atoms with Crippen LogP contribution in [0.5, 0.6) is 0 Å². The average Bonchev–Trinajstić information content (AvgIpc) is 3.33. The van der Waals surface area contributed by atoms with Gasteiger partial charge in [0.25, 0.3) is 5.91 Å². The number of fused-ring (bicyclic) bond motifs is 2. The monoisotopic (exact) mass is 466 g/mol. The largest absolute Gasteiger partial charge is 0.397 e. The molecule has 1 aliphatic heterocycles. The maximum Gasteiger partial charge on any atom is 0.263 e. The summed E-state index contributed by atoms with van der Waals surface area (Å²) in [6.07, 6.45) is 2.45. The lowest BCUT2D eigenvalue weighted by atomic mass is 9.91. The van der Waals surface area contributed by atoms with Crippen LogP contribution in [-0.2, 0) is 17.6 Å². The Bertz CT molecular complexity index is 1200. The lowest BCUT2D eigenvalue weighted by Gasteiger charge is -2.26. The summed E-state index contributed by atoms with van der Waals surface area (Å²) in [5, 5.41) is 4.03. The molecular weight excluding hydrogens is 436 g/mol. The van der Waals surface area contributed by atoms with E-state index < -0.39 is 0 Å². The fourth-order valence-corrected chi connectivity index (χ4v) is 5.92. The zero-order valence-corrected chi connectivity index (χ0v) is 19.8. The van der Waals surface area contributed by atoms with E-state index >= 15 is 0 Å². The van der Waals surface area contributed by atoms with Crippen LogP contribution in [0.25, 0.3) is 10.2 Å². The molecule has 33 heavy (non-hydrogen) atoms. The van der Waals surface area contributed by atoms with Gasteiger partial charge in [0, 0.05) is 55.0 Å². The van der Waals surface area contributed by atoms with Crippen molar-refractivity contribution >= 4 is 39.0 Å². The molecule has 1 amide bonds. The minimum Gasteiger partial charge on any atom is -0.397 e. The molecule has 5 rings (SSSR count). The normalized spacial score (nSPS) is 22.5. The van der Waals surface area contributed by atoms with Crippen molar-refractivity contribution in [1.82, 2.24) is 15.3 Å². The molecule has 1 aliphatic carbocycles. The third-order valence-electron chi connectivity index (χ3n) is 6.72. The average molecular weight is 467 g/mol. The van der Waals surface area contributed by atoms with Gasteiger partial charge in [-0.15, -0.1) is 11.3 Å². The molecule has 0 radical (unpaired) electrons. The number of carbonyl (C=O) groups is 1. The Hall–Kier alpha value is -2.75. The van der Waals surface area contributed by atoms with Gasteiger partial charge in [-0.3, -0.25) is 4.79 Å². The predicted molar refractivity (Wildman–Crippen MR) is 132 cm³/mol. The van der Waals surface area contributed by atoms with Gasteiger partial charge in [0.2, 0.25) is 0 Å². The molecule has 9 heteroatoms. The summed E-state index contributed by atoms with van der Waals surface area (Å²) in [5.74, 6) is 1.18. The molecule has 1 saturated heterocycles. The Morgan fingerprint density at radius 1 is 1.27 bits per heavy atom. The van der Waals surface area contributed by atoms with Crippen LogP contribution < -0.4 is 21.7 Å². The van der Waals surface area contributed by atoms with Crippen molar-refractivity contribution in [2.24, 2.45) is 11.7 Å². The number of rotatable bonds is 5. The Morgan fingerprint density at radius 2 is 2.12 bits per heavy atom. The Labute approximate surface area is 197 Å². The lowest BCUT2D eigenvalue weighted by molar-refractivity contribution is 0.0938. The molecule has 0 spiro atoms. The molecule has 0 unspecified atom stereocenters. The van der Waals surface area contributed by atoms with E-state index in [-0.39, 0.29) is 18.0 Å². The van der Waals surface area contributed by atoms with Crippen LogP contribution in [0.15, 0.2) is 24.3 Å². The number of nitrogens with two attached hydrogens (primary N) is 2. The van der Waals surface area contributed by atoms with Crippen LogP contribution >= 0.6 is 11.3 Å². The van der Waals surface area contributed by atoms with Crippen LogP contribution in [0.4, 0.5) is 11.5 Å². The van der Waals surface area contributed by atoms with E-state index in [4.69, 9.17) is 21.2 Å². The Morgan fingerprint density at radius 3 is 2.94 bits per heavy atom. The smallest absolute Gasteiger partial charge is 0.263 e. The van der Waals surface area contributed by atoms with Gasteiger partial charge in [-0.2, -0.15) is 0 Å². The number of anilines is 2. The number of pyridine rings is 2. The number of aryl methyl sites for hydroxylation is 2. The van der Waals surface area contributed by atoms with Gasteiger partial charge >= 0.3 is 0 Å². The van der Waals surface area contributed by atoms with Crippen LogP contribution in [0.2, 0.25) is 0 Å². The quantitative estimate of drug-likeness (QED) is 0.528. The van der Waals surface area contributed by atoms with E-state index in [1.54, 1.807) is 7.11 Å². The molecular formula is C24H30N6O2S. The van der Waals surface area contributed by atoms with Crippen molar-refractivity contribution < 1.29 is 9.53 Å². The highest BCUT2D eigenvalue weighted by Gasteiger charge is 2.31. The number of carbonyl (C=O) groups excluding carboxylic acids is 1. The molecule has 5 N–H and O–H groups in total. The van der Waals surface area contributed by atoms with Gasteiger partial charge in [0.05, 0.1) is 12.3 Å². The standard InChI is InChI=1S/C24H30N6O2S/c1-13-3-6-17-21(26)22(33-24(17)27-13)23(31)28-16-5-7-19-14(9-16)4-8-20(29-19)30-10-15(12-32-2)18(25)11-30/h3-4,6,8,15-16,18H,5,7,9-12,25-26H2,1-2H3,(H,28,31)/t15-,16+,18+/m1/s1. The van der Waals surface area contributed by atoms with E-state index in [0.717, 1.165) is 59.8 Å². The molecule has 3 aromatic heterocycles. The maximum absolute atomic E-state index is 13.0. The molecule has 8 nitrogen and oxygen atoms in total. The highest BCUT2D eigenvalue weighted by Crippen LogP contribution is 2.33. The summed E-state index contributed by atoms with van der Waals surface area (Å²) >= 11 is 1.35. The summed E-state index contributed by atoms with van der Waals surface area (Å²) in [6, 6.07) is 8.23. The third-order valence-corrected chi connectivity index (χ3v) is 7.83. The fourth-order valence-electron chi connectivity index (χ4n) is 4.88. The summed E-state index contributed by atoms with van der Waals surface area (Å²) in [5.41, 5.74) is 16.3. The highest BCUT2D eigenvalue weighted by atomic mass is 32.1. The van der Waals surface area contributed by atoms with Crippen molar-refractivity contribution in [1.29, 1.82) is 0 Å². The number of nitrogens with one attached hydrogen (secondary N) is 1. The van der Waals surface area contributed by atoms with Gasteiger partial charge in [-0.25, -0.2) is 9.97 Å². The highest BCUT2D eigenvalue weighted by molar-refractivity contribution is 7.21. The maximum atomic E-state index is 13.0. The van der Waals surface area contributed by atoms with Crippen molar-refractivity contribution in [3.8, 4) is 0 Å². The molecule has 2 aliphatic rings. The number of amides is 1. The summed E-state index contributed by atoms with van der Waals surface area (Å²) < 4.78 is 5.30. The van der Waals surface area contributed by atoms with Crippen molar-refractivity contribution in [2.45, 2.75) is 38.3 Å². The fraction of sp³-hybridized carbons (Fsp3) is 0.458. The predicted octanol–water partition coefficient (Wildman–Crippen LogP) is 2.28. The first-order chi connectivity index (χ1) is 15.9. The second kappa shape index (κ2) is 8.89. The zero-order chi connectivity index (χ0) is 23.1. The van der Waals surface area contributed by atoms with Crippen molar-refractivity contribution in [3.63, 3.8) is 0 Å². The second-order valence-electron chi connectivity index (χ2n) is 9.12. The Balaban J connectivity index is 1.26. The molecule has 0 aromatic carbocycles. The van der Waals surface area contributed by atoms with Crippen molar-refractivity contribution in [3.05, 3.63) is 46.1 Å². The minimum atomic E-state index is -0.124. The number of thiophene rings is 1. The topological polar surface area (TPSA) is 119 Å². The van der Waals surface area contributed by atoms with Gasteiger partial charge in [0.15, 0.2) is 0 Å². The zero-order valence-electron chi connectivity index (χ0n) is 19.0. The SMILES string of the molecule is COC[C@H]1CN(c2ccc3c(n2)CC[C@H](NC(=O)c2sc4nc(C)ccc4c2N)C3)C[C@@H]1N. The number of methoxy groups -OCH3 is 1. The van der Waals surface area contributed by atoms with E-state index in [1.807, 2.05) is 19.1 Å². The molecule has 3 atom stereocenters. The van der Waals surface area contributed by atoms with Crippen LogP contribution in [0, 0.1) is 12.8 Å². The Kier molecular flexibility index (Phi) is 5.94. The van der Waals surface area contributed by atoms with Gasteiger partial charge in [-0.05, 0) is 49.9 Å². The van der Waals surface area contributed by atoms with Crippen LogP contribution in [0.1, 0.15) is 33.0 Å². The first-order valence-corrected chi connectivity index (χ1v) is 12.2. The third kappa shape index (κ3) is 4.28. The molecule has 174 valence electrons. The van der Waals surface area contributed by atoms with E-state index in [0.29, 0.717) is 23.1 Å². The van der Waals surface area contributed by atoms with Crippen molar-refractivity contribution in [2.75, 3.05) is 37.4 Å². The molecule has 3 aromatic rings. The number of aromatic nitrogens is 2. The van der Waals surface area contributed by atoms with Gasteiger partial charge in [0.1, 0.15) is 15.5 Å². The minimum absolute atomic E-state index is 0.0586. The van der Waals surface area contributed by atoms with E-state index in [1.165, 1.54) is 16.9 Å². The second-order valence-corrected chi connectivity index (χ2v) is 10.1. The molecule has 0 bridgehead atoms. The van der Waals surface area contributed by atoms with Crippen LogP contribution in [0.3, 0.4) is 0 Å². The molecule has 4 heterocycles. The number of nitrogens with zero attached hydrogens (tertiary/aromatic N) is 3. The number of hydrogen-bond acceptors (Lipinski definition) is 8. The lowest BCUT2D eigenvalue weighted by Crippen LogP contribution is -2.39. The summed E-state index contributed by atoms with van der Waals surface area (Å²) in [7, 11) is 1.72.